The van der Waals surface area contributed by atoms with Crippen molar-refractivity contribution in [1.29, 1.82) is 0 Å². The summed E-state index contributed by atoms with van der Waals surface area (Å²) in [6, 6.07) is 7.46. The van der Waals surface area contributed by atoms with Crippen molar-refractivity contribution >= 4 is 17.7 Å². The Morgan fingerprint density at radius 3 is 2.45 bits per heavy atom. The molecule has 1 aromatic carbocycles. The normalized spacial score (nSPS) is 21.5. The first kappa shape index (κ1) is 14.4. The Balaban J connectivity index is 1.92. The summed E-state index contributed by atoms with van der Waals surface area (Å²) >= 11 is 0. The highest BCUT2D eigenvalue weighted by atomic mass is 16.4. The van der Waals surface area contributed by atoms with Crippen LogP contribution in [0.5, 0.6) is 0 Å². The molecule has 5 heteroatoms. The summed E-state index contributed by atoms with van der Waals surface area (Å²) in [4.78, 5) is 24.6. The average Bonchev–Trinajstić information content (AvgIpc) is 2.87. The Kier molecular flexibility index (Phi) is 4.27. The molecule has 2 atom stereocenters. The van der Waals surface area contributed by atoms with Gasteiger partial charge in [0.2, 0.25) is 0 Å². The van der Waals surface area contributed by atoms with Gasteiger partial charge in [-0.15, -0.1) is 0 Å². The van der Waals surface area contributed by atoms with Gasteiger partial charge in [-0.3, -0.25) is 9.69 Å². The summed E-state index contributed by atoms with van der Waals surface area (Å²) in [6.45, 7) is 1.99. The second-order valence-corrected chi connectivity index (χ2v) is 5.39. The van der Waals surface area contributed by atoms with Crippen LogP contribution in [-0.4, -0.2) is 30.2 Å². The molecular formula is C15H20N2O3. The number of carboxylic acid groups (broad SMARTS) is 1. The molecule has 5 nitrogen and oxygen atoms in total. The molecule has 0 heterocycles. The first-order valence-corrected chi connectivity index (χ1v) is 6.81. The number of hydrogen-bond donors (Lipinski definition) is 2. The highest BCUT2D eigenvalue weighted by Crippen LogP contribution is 2.26. The minimum Gasteiger partial charge on any atom is -0.481 e. The fraction of sp³-hybridized carbons (Fsp3) is 0.467. The zero-order valence-corrected chi connectivity index (χ0v) is 11.8. The zero-order valence-electron chi connectivity index (χ0n) is 11.8. The lowest BCUT2D eigenvalue weighted by atomic mass is 10.1. The van der Waals surface area contributed by atoms with E-state index >= 15 is 0 Å². The van der Waals surface area contributed by atoms with Gasteiger partial charge in [-0.25, -0.2) is 4.79 Å². The maximum absolute atomic E-state index is 12.1. The molecule has 0 spiro atoms. The molecule has 0 aromatic heterocycles. The molecular weight excluding hydrogens is 256 g/mol. The molecule has 0 bridgehead atoms. The van der Waals surface area contributed by atoms with Gasteiger partial charge in [-0.1, -0.05) is 17.7 Å². The van der Waals surface area contributed by atoms with Crippen molar-refractivity contribution in [3.8, 4) is 0 Å². The largest absolute Gasteiger partial charge is 0.481 e. The Labute approximate surface area is 118 Å². The Hall–Kier alpha value is -2.04. The predicted octanol–water partition coefficient (Wildman–Crippen LogP) is 2.39. The molecule has 0 saturated heterocycles. The van der Waals surface area contributed by atoms with Gasteiger partial charge < -0.3 is 10.4 Å². The number of anilines is 1. The predicted molar refractivity (Wildman–Crippen MR) is 76.9 cm³/mol. The minimum atomic E-state index is -0.770. The van der Waals surface area contributed by atoms with Crippen LogP contribution in [0, 0.1) is 12.8 Å². The Morgan fingerprint density at radius 1 is 1.25 bits per heavy atom. The van der Waals surface area contributed by atoms with Gasteiger partial charge in [0, 0.05) is 18.8 Å². The summed E-state index contributed by atoms with van der Waals surface area (Å²) in [7, 11) is 1.71. The zero-order chi connectivity index (χ0) is 14.7. The number of rotatable bonds is 3. The molecule has 2 rings (SSSR count). The smallest absolute Gasteiger partial charge is 0.321 e. The molecule has 2 N–H and O–H groups in total. The molecule has 0 unspecified atom stereocenters. The Morgan fingerprint density at radius 2 is 1.90 bits per heavy atom. The van der Waals surface area contributed by atoms with E-state index in [0.717, 1.165) is 17.7 Å². The maximum Gasteiger partial charge on any atom is 0.321 e. The van der Waals surface area contributed by atoms with E-state index in [-0.39, 0.29) is 18.0 Å². The monoisotopic (exact) mass is 276 g/mol. The van der Waals surface area contributed by atoms with Gasteiger partial charge in [-0.05, 0) is 38.3 Å². The quantitative estimate of drug-likeness (QED) is 0.890. The number of hydrogen-bond acceptors (Lipinski definition) is 2. The SMILES string of the molecule is Cc1ccc(N(C)C(=O)N[C@H]2CC[C@@H](C(=O)O)C2)cc1. The standard InChI is InChI=1S/C15H20N2O3/c1-10-3-7-13(8-4-10)17(2)15(20)16-12-6-5-11(9-12)14(18)19/h3-4,7-8,11-12H,5-6,9H2,1-2H3,(H,16,20)(H,18,19)/t11-,12+/m1/s1. The Bertz CT molecular complexity index is 498. The van der Waals surface area contributed by atoms with Gasteiger partial charge >= 0.3 is 12.0 Å². The third-order valence-corrected chi connectivity index (χ3v) is 3.84. The van der Waals surface area contributed by atoms with Gasteiger partial charge in [0.15, 0.2) is 0 Å². The summed E-state index contributed by atoms with van der Waals surface area (Å²) in [5.74, 6) is -1.10. The van der Waals surface area contributed by atoms with E-state index in [1.807, 2.05) is 31.2 Å². The number of nitrogens with one attached hydrogen (secondary N) is 1. The van der Waals surface area contributed by atoms with Crippen LogP contribution in [0.1, 0.15) is 24.8 Å². The van der Waals surface area contributed by atoms with E-state index in [0.29, 0.717) is 12.8 Å². The van der Waals surface area contributed by atoms with Crippen LogP contribution in [0.15, 0.2) is 24.3 Å². The van der Waals surface area contributed by atoms with E-state index in [9.17, 15) is 9.59 Å². The maximum atomic E-state index is 12.1. The average molecular weight is 276 g/mol. The number of benzene rings is 1. The third-order valence-electron chi connectivity index (χ3n) is 3.84. The van der Waals surface area contributed by atoms with Crippen molar-refractivity contribution in [2.24, 2.45) is 5.92 Å². The second kappa shape index (κ2) is 5.94. The molecule has 1 fully saturated rings. The van der Waals surface area contributed by atoms with E-state index < -0.39 is 5.97 Å². The van der Waals surface area contributed by atoms with Crippen LogP contribution < -0.4 is 10.2 Å². The second-order valence-electron chi connectivity index (χ2n) is 5.39. The molecule has 108 valence electrons. The van der Waals surface area contributed by atoms with Crippen LogP contribution in [-0.2, 0) is 4.79 Å². The number of urea groups is 1. The number of amides is 2. The van der Waals surface area contributed by atoms with E-state index in [4.69, 9.17) is 5.11 Å². The van der Waals surface area contributed by atoms with Gasteiger partial charge in [0.1, 0.15) is 0 Å². The number of aliphatic carboxylic acids is 1. The molecule has 2 amide bonds. The van der Waals surface area contributed by atoms with Crippen LogP contribution in [0.3, 0.4) is 0 Å². The van der Waals surface area contributed by atoms with E-state index in [1.54, 1.807) is 11.9 Å². The number of nitrogens with zero attached hydrogens (tertiary/aromatic N) is 1. The minimum absolute atomic E-state index is 0.0449. The van der Waals surface area contributed by atoms with E-state index in [1.165, 1.54) is 0 Å². The van der Waals surface area contributed by atoms with Crippen molar-refractivity contribution in [1.82, 2.24) is 5.32 Å². The topological polar surface area (TPSA) is 69.6 Å². The van der Waals surface area contributed by atoms with Crippen molar-refractivity contribution < 1.29 is 14.7 Å². The first-order chi connectivity index (χ1) is 9.47. The van der Waals surface area contributed by atoms with Crippen LogP contribution in [0.2, 0.25) is 0 Å². The van der Waals surface area contributed by atoms with Crippen molar-refractivity contribution in [3.05, 3.63) is 29.8 Å². The molecule has 20 heavy (non-hydrogen) atoms. The fourth-order valence-electron chi connectivity index (χ4n) is 2.49. The van der Waals surface area contributed by atoms with Crippen LogP contribution in [0.25, 0.3) is 0 Å². The highest BCUT2D eigenvalue weighted by molar-refractivity contribution is 5.91. The van der Waals surface area contributed by atoms with Crippen molar-refractivity contribution in [3.63, 3.8) is 0 Å². The van der Waals surface area contributed by atoms with Crippen molar-refractivity contribution in [2.75, 3.05) is 11.9 Å². The number of carbonyl (C=O) groups excluding carboxylic acids is 1. The lowest BCUT2D eigenvalue weighted by Crippen LogP contribution is -2.42. The highest BCUT2D eigenvalue weighted by Gasteiger charge is 2.31. The fourth-order valence-corrected chi connectivity index (χ4v) is 2.49. The number of carboxylic acids is 1. The van der Waals surface area contributed by atoms with Crippen LogP contribution >= 0.6 is 0 Å². The van der Waals surface area contributed by atoms with Crippen molar-refractivity contribution in [2.45, 2.75) is 32.2 Å². The summed E-state index contributed by atoms with van der Waals surface area (Å²) in [5.41, 5.74) is 1.96. The molecule has 1 aliphatic rings. The lowest BCUT2D eigenvalue weighted by molar-refractivity contribution is -0.141. The number of carbonyl (C=O) groups is 2. The summed E-state index contributed by atoms with van der Waals surface area (Å²) < 4.78 is 0. The number of aryl methyl sites for hydroxylation is 1. The molecule has 0 radical (unpaired) electrons. The molecule has 1 aromatic rings. The van der Waals surface area contributed by atoms with Gasteiger partial charge in [0.25, 0.3) is 0 Å². The summed E-state index contributed by atoms with van der Waals surface area (Å²) in [6.07, 6.45) is 1.88. The van der Waals surface area contributed by atoms with Gasteiger partial charge in [0.05, 0.1) is 5.92 Å². The molecule has 0 aliphatic heterocycles. The van der Waals surface area contributed by atoms with Gasteiger partial charge in [-0.2, -0.15) is 0 Å². The summed E-state index contributed by atoms with van der Waals surface area (Å²) in [5, 5.41) is 11.9. The first-order valence-electron chi connectivity index (χ1n) is 6.81. The third kappa shape index (κ3) is 3.29. The molecule has 1 saturated carbocycles. The van der Waals surface area contributed by atoms with E-state index in [2.05, 4.69) is 5.32 Å². The molecule has 1 aliphatic carbocycles. The van der Waals surface area contributed by atoms with Crippen LogP contribution in [0.4, 0.5) is 10.5 Å². The lowest BCUT2D eigenvalue weighted by Gasteiger charge is -2.21.